The van der Waals surface area contributed by atoms with Gasteiger partial charge in [0.15, 0.2) is 0 Å². The molecule has 0 bridgehead atoms. The fourth-order valence-electron chi connectivity index (χ4n) is 3.99. The Balaban J connectivity index is 1.59. The van der Waals surface area contributed by atoms with Crippen molar-refractivity contribution in [3.8, 4) is 0 Å². The third-order valence-corrected chi connectivity index (χ3v) is 6.59. The second kappa shape index (κ2) is 8.28. The number of hydrogen-bond donors (Lipinski definition) is 1. The van der Waals surface area contributed by atoms with Gasteiger partial charge in [0, 0.05) is 11.8 Å². The van der Waals surface area contributed by atoms with Crippen LogP contribution in [0.25, 0.3) is 0 Å². The molecule has 0 amide bonds. The van der Waals surface area contributed by atoms with Gasteiger partial charge in [-0.25, -0.2) is 17.6 Å². The molecule has 2 saturated carbocycles. The summed E-state index contributed by atoms with van der Waals surface area (Å²) in [6.07, 6.45) is 5.80. The van der Waals surface area contributed by atoms with Gasteiger partial charge in [-0.05, 0) is 76.3 Å². The summed E-state index contributed by atoms with van der Waals surface area (Å²) >= 11 is 0. The van der Waals surface area contributed by atoms with E-state index in [0.717, 1.165) is 38.8 Å². The standard InChI is InChI=1S/C16H29F4NP2/c17-15(18,22)13-5-1-11(2-6-13)9-21-10-12-3-7-14(8-4-12)16(19,20)23/h11-14,21H,1-10,22-23H2. The van der Waals surface area contributed by atoms with E-state index in [9.17, 15) is 17.6 Å². The monoisotopic (exact) mass is 373 g/mol. The van der Waals surface area contributed by atoms with Gasteiger partial charge < -0.3 is 5.32 Å². The average Bonchev–Trinajstić information content (AvgIpc) is 2.46. The van der Waals surface area contributed by atoms with E-state index < -0.39 is 23.2 Å². The molecule has 1 N–H and O–H groups in total. The summed E-state index contributed by atoms with van der Waals surface area (Å²) in [7, 11) is 3.35. The minimum atomic E-state index is -2.63. The number of halogens is 4. The molecule has 0 aliphatic heterocycles. The normalized spacial score (nSPS) is 33.7. The van der Waals surface area contributed by atoms with Crippen LogP contribution in [0.3, 0.4) is 0 Å². The maximum atomic E-state index is 13.2. The van der Waals surface area contributed by atoms with Crippen LogP contribution in [0.4, 0.5) is 17.6 Å². The first-order valence-electron chi connectivity index (χ1n) is 8.70. The van der Waals surface area contributed by atoms with Crippen LogP contribution in [0.15, 0.2) is 0 Å². The molecule has 2 aliphatic rings. The second-order valence-electron chi connectivity index (χ2n) is 7.44. The quantitative estimate of drug-likeness (QED) is 0.503. The lowest BCUT2D eigenvalue weighted by Crippen LogP contribution is -2.35. The molecule has 2 fully saturated rings. The minimum Gasteiger partial charge on any atom is -0.316 e. The van der Waals surface area contributed by atoms with Gasteiger partial charge in [0.25, 0.3) is 11.3 Å². The van der Waals surface area contributed by atoms with Crippen molar-refractivity contribution >= 4 is 18.5 Å². The van der Waals surface area contributed by atoms with Crippen LogP contribution < -0.4 is 5.32 Å². The lowest BCUT2D eigenvalue weighted by molar-refractivity contribution is 0.00908. The Hall–Kier alpha value is 0.540. The van der Waals surface area contributed by atoms with Gasteiger partial charge in [0.05, 0.1) is 0 Å². The zero-order valence-corrected chi connectivity index (χ0v) is 15.9. The Morgan fingerprint density at radius 1 is 0.652 bits per heavy atom. The highest BCUT2D eigenvalue weighted by Gasteiger charge is 2.38. The average molecular weight is 373 g/mol. The Bertz CT molecular complexity index is 320. The summed E-state index contributed by atoms with van der Waals surface area (Å²) in [5.74, 6) is -0.0298. The first-order valence-corrected chi connectivity index (χ1v) is 9.85. The van der Waals surface area contributed by atoms with Gasteiger partial charge in [-0.15, -0.1) is 0 Å². The maximum absolute atomic E-state index is 13.2. The highest BCUT2D eigenvalue weighted by Crippen LogP contribution is 2.43. The van der Waals surface area contributed by atoms with Gasteiger partial charge in [-0.2, -0.15) is 0 Å². The van der Waals surface area contributed by atoms with Crippen molar-refractivity contribution < 1.29 is 17.6 Å². The lowest BCUT2D eigenvalue weighted by Gasteiger charge is -2.33. The molecule has 7 heteroatoms. The highest BCUT2D eigenvalue weighted by molar-refractivity contribution is 7.18. The molecule has 0 radical (unpaired) electrons. The van der Waals surface area contributed by atoms with E-state index in [4.69, 9.17) is 0 Å². The zero-order chi connectivity index (χ0) is 17.1. The van der Waals surface area contributed by atoms with Gasteiger partial charge >= 0.3 is 0 Å². The highest BCUT2D eigenvalue weighted by atomic mass is 31.0. The number of nitrogens with one attached hydrogen (secondary N) is 1. The molecule has 0 saturated heterocycles. The number of rotatable bonds is 6. The van der Waals surface area contributed by atoms with E-state index in [1.165, 1.54) is 0 Å². The third-order valence-electron chi connectivity index (χ3n) is 5.65. The van der Waals surface area contributed by atoms with Crippen LogP contribution in [-0.4, -0.2) is 24.4 Å². The zero-order valence-electron chi connectivity index (χ0n) is 13.5. The van der Waals surface area contributed by atoms with Crippen LogP contribution in [0.2, 0.25) is 0 Å². The molecule has 23 heavy (non-hydrogen) atoms. The van der Waals surface area contributed by atoms with Crippen molar-refractivity contribution in [2.75, 3.05) is 13.1 Å². The van der Waals surface area contributed by atoms with Crippen LogP contribution >= 0.6 is 18.5 Å². The summed E-state index contributed by atoms with van der Waals surface area (Å²) in [5.41, 5.74) is -5.26. The van der Waals surface area contributed by atoms with Crippen LogP contribution in [0, 0.1) is 23.7 Å². The first kappa shape index (κ1) is 19.9. The van der Waals surface area contributed by atoms with E-state index in [-0.39, 0.29) is 0 Å². The van der Waals surface area contributed by atoms with Crippen molar-refractivity contribution in [1.82, 2.24) is 5.32 Å². The molecule has 0 aromatic heterocycles. The Morgan fingerprint density at radius 3 is 1.22 bits per heavy atom. The molecule has 2 rings (SSSR count). The number of hydrogen-bond acceptors (Lipinski definition) is 1. The van der Waals surface area contributed by atoms with Crippen molar-refractivity contribution in [2.45, 2.75) is 62.7 Å². The van der Waals surface area contributed by atoms with E-state index >= 15 is 0 Å². The predicted molar refractivity (Wildman–Crippen MR) is 93.1 cm³/mol. The van der Waals surface area contributed by atoms with E-state index in [2.05, 4.69) is 5.32 Å². The lowest BCUT2D eigenvalue weighted by atomic mass is 9.81. The summed E-state index contributed by atoms with van der Waals surface area (Å²) in [6, 6.07) is 0. The topological polar surface area (TPSA) is 12.0 Å². The SMILES string of the molecule is FC(F)(P)C1CCC(CNCC2CCC(C(F)(F)P)CC2)CC1. The van der Waals surface area contributed by atoms with Gasteiger partial charge in [-0.3, -0.25) is 0 Å². The minimum absolute atomic E-state index is 0.478. The molecule has 2 atom stereocenters. The fourth-order valence-corrected chi connectivity index (χ4v) is 4.66. The third kappa shape index (κ3) is 6.40. The largest absolute Gasteiger partial charge is 0.316 e. The summed E-state index contributed by atoms with van der Waals surface area (Å²) in [5, 5.41) is 3.45. The summed E-state index contributed by atoms with van der Waals surface area (Å²) in [4.78, 5) is 0. The van der Waals surface area contributed by atoms with Crippen molar-refractivity contribution in [1.29, 1.82) is 0 Å². The summed E-state index contributed by atoms with van der Waals surface area (Å²) < 4.78 is 53.0. The molecule has 0 spiro atoms. The Labute approximate surface area is 141 Å². The van der Waals surface area contributed by atoms with Crippen molar-refractivity contribution in [2.24, 2.45) is 23.7 Å². The molecule has 136 valence electrons. The Morgan fingerprint density at radius 2 is 0.957 bits per heavy atom. The van der Waals surface area contributed by atoms with Crippen LogP contribution in [-0.2, 0) is 0 Å². The molecule has 0 aromatic rings. The van der Waals surface area contributed by atoms with Gasteiger partial charge in [0.2, 0.25) is 0 Å². The van der Waals surface area contributed by atoms with Gasteiger partial charge in [0.1, 0.15) is 0 Å². The molecule has 2 aliphatic carbocycles. The maximum Gasteiger partial charge on any atom is 0.261 e. The molecular formula is C16H29F4NP2. The molecular weight excluding hydrogens is 344 g/mol. The smallest absolute Gasteiger partial charge is 0.261 e. The van der Waals surface area contributed by atoms with E-state index in [0.29, 0.717) is 37.5 Å². The number of alkyl halides is 4. The van der Waals surface area contributed by atoms with Crippen molar-refractivity contribution in [3.05, 3.63) is 0 Å². The van der Waals surface area contributed by atoms with E-state index in [1.54, 1.807) is 18.5 Å². The predicted octanol–water partition coefficient (Wildman–Crippen LogP) is 5.12. The molecule has 0 heterocycles. The molecule has 0 aromatic carbocycles. The van der Waals surface area contributed by atoms with Crippen LogP contribution in [0.1, 0.15) is 51.4 Å². The fraction of sp³-hybridized carbons (Fsp3) is 1.00. The summed E-state index contributed by atoms with van der Waals surface area (Å²) in [6.45, 7) is 1.74. The first-order chi connectivity index (χ1) is 10.7. The van der Waals surface area contributed by atoms with Crippen molar-refractivity contribution in [3.63, 3.8) is 0 Å². The molecule has 2 unspecified atom stereocenters. The Kier molecular flexibility index (Phi) is 7.15. The van der Waals surface area contributed by atoms with E-state index in [1.807, 2.05) is 0 Å². The van der Waals surface area contributed by atoms with Gasteiger partial charge in [-0.1, -0.05) is 18.5 Å². The molecule has 1 nitrogen and oxygen atoms in total. The van der Waals surface area contributed by atoms with Crippen LogP contribution in [0.5, 0.6) is 0 Å². The second-order valence-corrected chi connectivity index (χ2v) is 8.98.